The Morgan fingerprint density at radius 2 is 1.92 bits per heavy atom. The van der Waals surface area contributed by atoms with E-state index in [1.807, 2.05) is 26.0 Å². The molecule has 0 aliphatic heterocycles. The number of esters is 1. The lowest BCUT2D eigenvalue weighted by molar-refractivity contribution is -0.139. The van der Waals surface area contributed by atoms with Crippen LogP contribution in [0.4, 0.5) is 0 Å². The van der Waals surface area contributed by atoms with Gasteiger partial charge in [-0.1, -0.05) is 0 Å². The van der Waals surface area contributed by atoms with Crippen LogP contribution >= 0.6 is 0 Å². The molecule has 3 nitrogen and oxygen atoms in total. The number of nitrogens with zero attached hydrogens (tertiary/aromatic N) is 1. The molecule has 0 fully saturated rings. The fraction of sp³-hybridized carbons (Fsp3) is 0.400. The number of pyridine rings is 1. The molecule has 0 aromatic carbocycles. The summed E-state index contributed by atoms with van der Waals surface area (Å²) in [5, 5.41) is 0. The van der Waals surface area contributed by atoms with Gasteiger partial charge in [-0.2, -0.15) is 0 Å². The van der Waals surface area contributed by atoms with Crippen LogP contribution in [0, 0.1) is 13.8 Å². The second-order valence-corrected chi connectivity index (χ2v) is 3.01. The van der Waals surface area contributed by atoms with Gasteiger partial charge in [0.25, 0.3) is 0 Å². The molecule has 3 heteroatoms. The topological polar surface area (TPSA) is 39.2 Å². The second kappa shape index (κ2) is 4.03. The number of hydrogen-bond acceptors (Lipinski definition) is 3. The Morgan fingerprint density at radius 3 is 2.38 bits per heavy atom. The predicted octanol–water partition coefficient (Wildman–Crippen LogP) is 1.41. The van der Waals surface area contributed by atoms with Crippen LogP contribution < -0.4 is 0 Å². The molecule has 0 radical (unpaired) electrons. The first-order valence-electron chi connectivity index (χ1n) is 4.13. The summed E-state index contributed by atoms with van der Waals surface area (Å²) < 4.78 is 4.57. The molecule has 0 atom stereocenters. The number of methoxy groups -OCH3 is 1. The third-order valence-corrected chi connectivity index (χ3v) is 1.72. The molecule has 0 N–H and O–H groups in total. The Kier molecular flexibility index (Phi) is 3.01. The van der Waals surface area contributed by atoms with Gasteiger partial charge < -0.3 is 4.74 Å². The van der Waals surface area contributed by atoms with Gasteiger partial charge in [-0.05, 0) is 31.5 Å². The Labute approximate surface area is 77.8 Å². The molecule has 0 bridgehead atoms. The molecule has 70 valence electrons. The minimum atomic E-state index is -0.218. The van der Waals surface area contributed by atoms with E-state index in [0.29, 0.717) is 6.42 Å². The van der Waals surface area contributed by atoms with Crippen LogP contribution in [0.25, 0.3) is 0 Å². The van der Waals surface area contributed by atoms with Gasteiger partial charge in [0.2, 0.25) is 0 Å². The summed E-state index contributed by atoms with van der Waals surface area (Å²) in [7, 11) is 1.39. The van der Waals surface area contributed by atoms with Crippen molar-refractivity contribution in [1.29, 1.82) is 0 Å². The van der Waals surface area contributed by atoms with E-state index < -0.39 is 0 Å². The number of aromatic nitrogens is 1. The monoisotopic (exact) mass is 179 g/mol. The number of rotatable bonds is 2. The number of ether oxygens (including phenoxy) is 1. The highest BCUT2D eigenvalue weighted by molar-refractivity contribution is 5.72. The molecular formula is C10H13NO2. The summed E-state index contributed by atoms with van der Waals surface area (Å²) in [6.45, 7) is 3.82. The predicted molar refractivity (Wildman–Crippen MR) is 49.4 cm³/mol. The summed E-state index contributed by atoms with van der Waals surface area (Å²) in [4.78, 5) is 15.2. The number of hydrogen-bond donors (Lipinski definition) is 0. The van der Waals surface area contributed by atoms with Gasteiger partial charge in [0.15, 0.2) is 0 Å². The number of aryl methyl sites for hydroxylation is 2. The zero-order chi connectivity index (χ0) is 9.84. The minimum Gasteiger partial charge on any atom is -0.469 e. The summed E-state index contributed by atoms with van der Waals surface area (Å²) in [5.41, 5.74) is 2.81. The van der Waals surface area contributed by atoms with Crippen LogP contribution in [0.1, 0.15) is 17.0 Å². The van der Waals surface area contributed by atoms with Crippen molar-refractivity contribution in [1.82, 2.24) is 4.98 Å². The standard InChI is InChI=1S/C10H13NO2/c1-7-4-9(5-8(2)11-7)6-10(12)13-3/h4-5H,6H2,1-3H3. The van der Waals surface area contributed by atoms with Crippen molar-refractivity contribution in [3.05, 3.63) is 29.1 Å². The molecule has 1 aromatic rings. The summed E-state index contributed by atoms with van der Waals surface area (Å²) in [6, 6.07) is 3.79. The maximum atomic E-state index is 11.0. The van der Waals surface area contributed by atoms with Crippen LogP contribution in [-0.4, -0.2) is 18.1 Å². The molecule has 0 spiro atoms. The van der Waals surface area contributed by atoms with E-state index in [9.17, 15) is 4.79 Å². The molecule has 13 heavy (non-hydrogen) atoms. The molecule has 1 rings (SSSR count). The van der Waals surface area contributed by atoms with Crippen LogP contribution in [0.5, 0.6) is 0 Å². The number of carbonyl (C=O) groups excluding carboxylic acids is 1. The van der Waals surface area contributed by atoms with Crippen molar-refractivity contribution in [2.24, 2.45) is 0 Å². The van der Waals surface area contributed by atoms with Crippen LogP contribution in [0.2, 0.25) is 0 Å². The first-order valence-corrected chi connectivity index (χ1v) is 4.13. The lowest BCUT2D eigenvalue weighted by Crippen LogP contribution is -2.05. The van der Waals surface area contributed by atoms with E-state index in [1.54, 1.807) is 0 Å². The van der Waals surface area contributed by atoms with Crippen molar-refractivity contribution in [3.8, 4) is 0 Å². The average Bonchev–Trinajstić information content (AvgIpc) is 2.02. The van der Waals surface area contributed by atoms with E-state index in [-0.39, 0.29) is 5.97 Å². The van der Waals surface area contributed by atoms with Crippen LogP contribution in [-0.2, 0) is 16.0 Å². The minimum absolute atomic E-state index is 0.218. The average molecular weight is 179 g/mol. The molecular weight excluding hydrogens is 166 g/mol. The normalized spacial score (nSPS) is 9.77. The fourth-order valence-corrected chi connectivity index (χ4v) is 1.26. The van der Waals surface area contributed by atoms with Crippen molar-refractivity contribution in [3.63, 3.8) is 0 Å². The Balaban J connectivity index is 2.83. The van der Waals surface area contributed by atoms with Crippen molar-refractivity contribution >= 4 is 5.97 Å². The fourth-order valence-electron chi connectivity index (χ4n) is 1.26. The van der Waals surface area contributed by atoms with Gasteiger partial charge >= 0.3 is 5.97 Å². The molecule has 0 amide bonds. The lowest BCUT2D eigenvalue weighted by Gasteiger charge is -2.02. The molecule has 1 heterocycles. The number of carbonyl (C=O) groups is 1. The molecule has 1 aromatic heterocycles. The van der Waals surface area contributed by atoms with Crippen LogP contribution in [0.3, 0.4) is 0 Å². The largest absolute Gasteiger partial charge is 0.469 e. The van der Waals surface area contributed by atoms with Crippen molar-refractivity contribution in [2.75, 3.05) is 7.11 Å². The maximum Gasteiger partial charge on any atom is 0.309 e. The third-order valence-electron chi connectivity index (χ3n) is 1.72. The quantitative estimate of drug-likeness (QED) is 0.644. The first-order chi connectivity index (χ1) is 6.11. The highest BCUT2D eigenvalue weighted by atomic mass is 16.5. The van der Waals surface area contributed by atoms with E-state index in [2.05, 4.69) is 9.72 Å². The van der Waals surface area contributed by atoms with Gasteiger partial charge in [0.05, 0.1) is 13.5 Å². The van der Waals surface area contributed by atoms with Gasteiger partial charge in [-0.15, -0.1) is 0 Å². The molecule has 0 unspecified atom stereocenters. The van der Waals surface area contributed by atoms with E-state index in [1.165, 1.54) is 7.11 Å². The van der Waals surface area contributed by atoms with Gasteiger partial charge in [0.1, 0.15) is 0 Å². The van der Waals surface area contributed by atoms with Crippen molar-refractivity contribution < 1.29 is 9.53 Å². The summed E-state index contributed by atoms with van der Waals surface area (Å²) >= 11 is 0. The Hall–Kier alpha value is -1.38. The van der Waals surface area contributed by atoms with Gasteiger partial charge in [0, 0.05) is 11.4 Å². The molecule has 0 aliphatic rings. The molecule has 0 saturated carbocycles. The van der Waals surface area contributed by atoms with E-state index >= 15 is 0 Å². The highest BCUT2D eigenvalue weighted by Crippen LogP contribution is 2.06. The van der Waals surface area contributed by atoms with Crippen LogP contribution in [0.15, 0.2) is 12.1 Å². The van der Waals surface area contributed by atoms with E-state index in [0.717, 1.165) is 17.0 Å². The smallest absolute Gasteiger partial charge is 0.309 e. The molecule has 0 aliphatic carbocycles. The third kappa shape index (κ3) is 2.86. The Morgan fingerprint density at radius 1 is 1.38 bits per heavy atom. The first kappa shape index (κ1) is 9.71. The summed E-state index contributed by atoms with van der Waals surface area (Å²) in [5.74, 6) is -0.218. The second-order valence-electron chi connectivity index (χ2n) is 3.01. The maximum absolute atomic E-state index is 11.0. The summed E-state index contributed by atoms with van der Waals surface area (Å²) in [6.07, 6.45) is 0.320. The highest BCUT2D eigenvalue weighted by Gasteiger charge is 2.03. The lowest BCUT2D eigenvalue weighted by atomic mass is 10.1. The van der Waals surface area contributed by atoms with Gasteiger partial charge in [-0.25, -0.2) is 0 Å². The van der Waals surface area contributed by atoms with Gasteiger partial charge in [-0.3, -0.25) is 9.78 Å². The molecule has 0 saturated heterocycles. The van der Waals surface area contributed by atoms with Crippen molar-refractivity contribution in [2.45, 2.75) is 20.3 Å². The zero-order valence-electron chi connectivity index (χ0n) is 8.13. The van der Waals surface area contributed by atoms with E-state index in [4.69, 9.17) is 0 Å². The zero-order valence-corrected chi connectivity index (χ0v) is 8.13. The Bertz CT molecular complexity index is 300. The SMILES string of the molecule is COC(=O)Cc1cc(C)nc(C)c1.